The number of fused-ring (bicyclic) bond motifs is 1. The maximum absolute atomic E-state index is 12.3. The van der Waals surface area contributed by atoms with Crippen LogP contribution in [0.1, 0.15) is 48.8 Å². The second-order valence-corrected chi connectivity index (χ2v) is 5.79. The van der Waals surface area contributed by atoms with Crippen molar-refractivity contribution < 1.29 is 9.72 Å². The lowest BCUT2D eigenvalue weighted by Gasteiger charge is -2.15. The van der Waals surface area contributed by atoms with Gasteiger partial charge in [-0.2, -0.15) is 5.10 Å². The summed E-state index contributed by atoms with van der Waals surface area (Å²) in [6.45, 7) is 4.07. The Hall–Kier alpha value is -2.50. The van der Waals surface area contributed by atoms with E-state index in [0.717, 1.165) is 24.1 Å². The summed E-state index contributed by atoms with van der Waals surface area (Å²) < 4.78 is 1.91. The second kappa shape index (κ2) is 5.36. The molecule has 0 bridgehead atoms. The number of Topliss-reactive ketones (excluding diaryl/α,β-unsaturated/α-hetero) is 1. The molecule has 0 fully saturated rings. The number of carbonyl (C=O) groups is 1. The third kappa shape index (κ3) is 2.30. The molecule has 0 N–H and O–H groups in total. The Kier molecular flexibility index (Phi) is 3.52. The first kappa shape index (κ1) is 14.4. The highest BCUT2D eigenvalue weighted by molar-refractivity contribution is 6.03. The first-order valence-electron chi connectivity index (χ1n) is 7.38. The van der Waals surface area contributed by atoms with Gasteiger partial charge in [0.25, 0.3) is 5.69 Å². The highest BCUT2D eigenvalue weighted by Crippen LogP contribution is 2.33. The Morgan fingerprint density at radius 3 is 2.50 bits per heavy atom. The minimum absolute atomic E-state index is 0.0345. The number of ketones is 1. The van der Waals surface area contributed by atoms with E-state index in [4.69, 9.17) is 0 Å². The Labute approximate surface area is 127 Å². The van der Waals surface area contributed by atoms with Gasteiger partial charge in [0, 0.05) is 30.2 Å². The number of carbonyl (C=O) groups excluding carboxylic acids is 1. The van der Waals surface area contributed by atoms with E-state index in [1.807, 2.05) is 18.5 Å². The van der Waals surface area contributed by atoms with Gasteiger partial charge in [-0.25, -0.2) is 0 Å². The van der Waals surface area contributed by atoms with Crippen molar-refractivity contribution in [2.45, 2.75) is 39.2 Å². The Balaban J connectivity index is 2.14. The van der Waals surface area contributed by atoms with Crippen LogP contribution in [-0.2, 0) is 6.42 Å². The molecule has 1 aliphatic rings. The Morgan fingerprint density at radius 1 is 1.23 bits per heavy atom. The van der Waals surface area contributed by atoms with Crippen molar-refractivity contribution in [2.75, 3.05) is 0 Å². The number of nitrogens with zero attached hydrogens (tertiary/aromatic N) is 3. The molecular formula is C16H17N3O3. The quantitative estimate of drug-likeness (QED) is 0.641. The molecule has 1 aromatic heterocycles. The molecule has 1 heterocycles. The van der Waals surface area contributed by atoms with E-state index in [2.05, 4.69) is 5.10 Å². The first-order valence-corrected chi connectivity index (χ1v) is 7.38. The van der Waals surface area contributed by atoms with Crippen LogP contribution < -0.4 is 0 Å². The Bertz CT molecular complexity index is 745. The first-order chi connectivity index (χ1) is 10.5. The number of non-ortho nitro benzene ring substituents is 1. The number of hydrogen-bond donors (Lipinski definition) is 0. The van der Waals surface area contributed by atoms with Crippen molar-refractivity contribution in [1.82, 2.24) is 9.78 Å². The summed E-state index contributed by atoms with van der Waals surface area (Å²) in [7, 11) is 0. The van der Waals surface area contributed by atoms with Crippen LogP contribution in [0.25, 0.3) is 11.3 Å². The van der Waals surface area contributed by atoms with E-state index in [1.165, 1.54) is 12.1 Å². The van der Waals surface area contributed by atoms with Crippen LogP contribution in [0.3, 0.4) is 0 Å². The summed E-state index contributed by atoms with van der Waals surface area (Å²) >= 11 is 0. The van der Waals surface area contributed by atoms with Crippen molar-refractivity contribution in [2.24, 2.45) is 0 Å². The average Bonchev–Trinajstić information content (AvgIpc) is 2.88. The molecule has 22 heavy (non-hydrogen) atoms. The van der Waals surface area contributed by atoms with Crippen LogP contribution in [0.5, 0.6) is 0 Å². The molecule has 1 aromatic carbocycles. The van der Waals surface area contributed by atoms with Crippen LogP contribution >= 0.6 is 0 Å². The minimum atomic E-state index is -0.433. The number of nitro benzene ring substituents is 1. The highest BCUT2D eigenvalue weighted by atomic mass is 16.6. The maximum atomic E-state index is 12.3. The smallest absolute Gasteiger partial charge is 0.269 e. The van der Waals surface area contributed by atoms with E-state index >= 15 is 0 Å². The van der Waals surface area contributed by atoms with Crippen molar-refractivity contribution in [3.63, 3.8) is 0 Å². The molecule has 6 nitrogen and oxygen atoms in total. The third-order valence-corrected chi connectivity index (χ3v) is 3.95. The third-order valence-electron chi connectivity index (χ3n) is 3.95. The van der Waals surface area contributed by atoms with Gasteiger partial charge in [0.05, 0.1) is 16.2 Å². The zero-order valence-corrected chi connectivity index (χ0v) is 12.6. The van der Waals surface area contributed by atoms with Gasteiger partial charge in [-0.1, -0.05) is 0 Å². The summed E-state index contributed by atoms with van der Waals surface area (Å²) in [5, 5.41) is 15.4. The van der Waals surface area contributed by atoms with Gasteiger partial charge in [0.1, 0.15) is 5.69 Å². The van der Waals surface area contributed by atoms with Crippen molar-refractivity contribution >= 4 is 11.5 Å². The molecule has 2 aromatic rings. The van der Waals surface area contributed by atoms with Crippen LogP contribution in [0.15, 0.2) is 24.3 Å². The van der Waals surface area contributed by atoms with Gasteiger partial charge >= 0.3 is 0 Å². The van der Waals surface area contributed by atoms with Crippen molar-refractivity contribution in [3.8, 4) is 11.3 Å². The zero-order valence-electron chi connectivity index (χ0n) is 12.6. The molecule has 0 spiro atoms. The number of benzene rings is 1. The molecule has 0 amide bonds. The van der Waals surface area contributed by atoms with Gasteiger partial charge in [-0.05, 0) is 38.8 Å². The minimum Gasteiger partial charge on any atom is -0.294 e. The van der Waals surface area contributed by atoms with Crippen molar-refractivity contribution in [1.29, 1.82) is 0 Å². The Morgan fingerprint density at radius 2 is 1.91 bits per heavy atom. The molecule has 0 saturated heterocycles. The van der Waals surface area contributed by atoms with Gasteiger partial charge in [0.2, 0.25) is 0 Å². The molecule has 0 unspecified atom stereocenters. The van der Waals surface area contributed by atoms with Gasteiger partial charge in [-0.15, -0.1) is 0 Å². The topological polar surface area (TPSA) is 78.0 Å². The molecule has 3 rings (SSSR count). The van der Waals surface area contributed by atoms with Crippen molar-refractivity contribution in [3.05, 3.63) is 45.6 Å². The highest BCUT2D eigenvalue weighted by Gasteiger charge is 2.28. The lowest BCUT2D eigenvalue weighted by molar-refractivity contribution is -0.384. The van der Waals surface area contributed by atoms with Crippen LogP contribution in [0, 0.1) is 10.1 Å². The second-order valence-electron chi connectivity index (χ2n) is 5.79. The SMILES string of the molecule is CC(C)n1nc(-c2ccc([N+](=O)[O-])cc2)c2c1CCCC2=O. The average molecular weight is 299 g/mol. The molecule has 0 saturated carbocycles. The molecule has 0 radical (unpaired) electrons. The summed E-state index contributed by atoms with van der Waals surface area (Å²) in [4.78, 5) is 22.7. The number of hydrogen-bond acceptors (Lipinski definition) is 4. The van der Waals surface area contributed by atoms with E-state index in [9.17, 15) is 14.9 Å². The summed E-state index contributed by atoms with van der Waals surface area (Å²) in [6, 6.07) is 6.39. The van der Waals surface area contributed by atoms with Gasteiger partial charge < -0.3 is 0 Å². The molecule has 1 aliphatic carbocycles. The maximum Gasteiger partial charge on any atom is 0.269 e. The predicted molar refractivity (Wildman–Crippen MR) is 82.0 cm³/mol. The summed E-state index contributed by atoms with van der Waals surface area (Å²) in [6.07, 6.45) is 2.24. The number of aromatic nitrogens is 2. The summed E-state index contributed by atoms with van der Waals surface area (Å²) in [5.41, 5.74) is 3.10. The molecular weight excluding hydrogens is 282 g/mol. The lowest BCUT2D eigenvalue weighted by Crippen LogP contribution is -2.15. The standard InChI is InChI=1S/C16H17N3O3/c1-10(2)18-13-4-3-5-14(20)15(13)16(17-18)11-6-8-12(9-7-11)19(21)22/h6-10H,3-5H2,1-2H3. The molecule has 0 atom stereocenters. The fourth-order valence-electron chi connectivity index (χ4n) is 2.91. The predicted octanol–water partition coefficient (Wildman–Crippen LogP) is 3.56. The fraction of sp³-hybridized carbons (Fsp3) is 0.375. The number of rotatable bonds is 3. The monoisotopic (exact) mass is 299 g/mol. The molecule has 0 aliphatic heterocycles. The largest absolute Gasteiger partial charge is 0.294 e. The summed E-state index contributed by atoms with van der Waals surface area (Å²) in [5.74, 6) is 0.113. The molecule has 6 heteroatoms. The lowest BCUT2D eigenvalue weighted by atomic mass is 9.92. The van der Waals surface area contributed by atoms with E-state index < -0.39 is 4.92 Å². The van der Waals surface area contributed by atoms with E-state index in [-0.39, 0.29) is 17.5 Å². The van der Waals surface area contributed by atoms with Gasteiger partial charge in [0.15, 0.2) is 5.78 Å². The fourth-order valence-corrected chi connectivity index (χ4v) is 2.91. The van der Waals surface area contributed by atoms with Crippen LogP contribution in [-0.4, -0.2) is 20.5 Å². The van der Waals surface area contributed by atoms with Crippen LogP contribution in [0.4, 0.5) is 5.69 Å². The number of nitro groups is 1. The van der Waals surface area contributed by atoms with E-state index in [1.54, 1.807) is 12.1 Å². The van der Waals surface area contributed by atoms with Crippen LogP contribution in [0.2, 0.25) is 0 Å². The zero-order chi connectivity index (χ0) is 15.9. The van der Waals surface area contributed by atoms with Gasteiger partial charge in [-0.3, -0.25) is 19.6 Å². The van der Waals surface area contributed by atoms with E-state index in [0.29, 0.717) is 17.7 Å². The normalized spacial score (nSPS) is 14.2. The molecule has 114 valence electrons.